The zero-order chi connectivity index (χ0) is 10.4. The molecule has 1 heterocycles. The van der Waals surface area contributed by atoms with Crippen LogP contribution in [0.2, 0.25) is 0 Å². The van der Waals surface area contributed by atoms with Crippen LogP contribution in [-0.2, 0) is 4.74 Å². The first kappa shape index (κ1) is 10.9. The summed E-state index contributed by atoms with van der Waals surface area (Å²) in [6.45, 7) is 0. The molecular formula is C10H10BrNO2. The molecule has 0 fully saturated rings. The molecule has 0 aliphatic heterocycles. The fourth-order valence-electron chi connectivity index (χ4n) is 0.947. The third-order valence-corrected chi connectivity index (χ3v) is 1.95. The van der Waals surface area contributed by atoms with E-state index in [0.29, 0.717) is 5.69 Å². The van der Waals surface area contributed by atoms with Crippen LogP contribution in [0, 0.1) is 0 Å². The smallest absolute Gasteiger partial charge is 0.356 e. The minimum atomic E-state index is -0.418. The number of alkyl halides is 1. The van der Waals surface area contributed by atoms with E-state index in [2.05, 4.69) is 25.7 Å². The predicted octanol–water partition coefficient (Wildman–Crippen LogP) is 2.28. The molecule has 0 N–H and O–H groups in total. The monoisotopic (exact) mass is 255 g/mol. The first-order valence-electron chi connectivity index (χ1n) is 4.05. The van der Waals surface area contributed by atoms with Crippen LogP contribution in [0.1, 0.15) is 16.1 Å². The van der Waals surface area contributed by atoms with Crippen molar-refractivity contribution in [3.05, 3.63) is 35.7 Å². The number of carbonyl (C=O) groups excluding carboxylic acids is 1. The SMILES string of the molecule is COC(=O)c1cc(C=CCBr)ccn1. The van der Waals surface area contributed by atoms with Crippen molar-refractivity contribution < 1.29 is 9.53 Å². The molecule has 0 saturated carbocycles. The molecule has 1 aromatic rings. The number of hydrogen-bond acceptors (Lipinski definition) is 3. The van der Waals surface area contributed by atoms with E-state index >= 15 is 0 Å². The number of esters is 1. The minimum Gasteiger partial charge on any atom is -0.464 e. The second-order valence-corrected chi connectivity index (χ2v) is 3.17. The minimum absolute atomic E-state index is 0.323. The summed E-state index contributed by atoms with van der Waals surface area (Å²) in [5.74, 6) is -0.418. The fraction of sp³-hybridized carbons (Fsp3) is 0.200. The van der Waals surface area contributed by atoms with Gasteiger partial charge in [-0.2, -0.15) is 0 Å². The summed E-state index contributed by atoms with van der Waals surface area (Å²) in [4.78, 5) is 15.0. The number of halogens is 1. The van der Waals surface area contributed by atoms with E-state index in [-0.39, 0.29) is 0 Å². The maximum absolute atomic E-state index is 11.1. The summed E-state index contributed by atoms with van der Waals surface area (Å²) in [5.41, 5.74) is 1.25. The zero-order valence-corrected chi connectivity index (χ0v) is 9.32. The number of hydrogen-bond donors (Lipinski definition) is 0. The molecule has 0 bridgehead atoms. The number of allylic oxidation sites excluding steroid dienone is 1. The molecule has 0 unspecified atom stereocenters. The normalized spacial score (nSPS) is 10.4. The van der Waals surface area contributed by atoms with Crippen molar-refractivity contribution in [3.8, 4) is 0 Å². The Balaban J connectivity index is 2.89. The van der Waals surface area contributed by atoms with Gasteiger partial charge in [0.2, 0.25) is 0 Å². The van der Waals surface area contributed by atoms with Crippen molar-refractivity contribution in [3.63, 3.8) is 0 Å². The topological polar surface area (TPSA) is 39.2 Å². The molecule has 0 aromatic carbocycles. The maximum atomic E-state index is 11.1. The largest absolute Gasteiger partial charge is 0.464 e. The summed E-state index contributed by atoms with van der Waals surface area (Å²) < 4.78 is 4.56. The summed E-state index contributed by atoms with van der Waals surface area (Å²) in [6, 6.07) is 3.51. The molecule has 0 spiro atoms. The standard InChI is InChI=1S/C10H10BrNO2/c1-14-10(13)9-7-8(3-2-5-11)4-6-12-9/h2-4,6-7H,5H2,1H3. The Morgan fingerprint density at radius 1 is 1.71 bits per heavy atom. The quantitative estimate of drug-likeness (QED) is 0.615. The lowest BCUT2D eigenvalue weighted by atomic mass is 10.2. The predicted molar refractivity (Wildman–Crippen MR) is 58.4 cm³/mol. The number of methoxy groups -OCH3 is 1. The van der Waals surface area contributed by atoms with Gasteiger partial charge < -0.3 is 4.74 Å². The molecule has 14 heavy (non-hydrogen) atoms. The van der Waals surface area contributed by atoms with Crippen molar-refractivity contribution in [2.24, 2.45) is 0 Å². The molecule has 0 saturated heterocycles. The van der Waals surface area contributed by atoms with Crippen LogP contribution in [0.3, 0.4) is 0 Å². The number of ether oxygens (including phenoxy) is 1. The Kier molecular flexibility index (Phi) is 4.32. The van der Waals surface area contributed by atoms with Crippen LogP contribution in [-0.4, -0.2) is 23.4 Å². The molecule has 0 radical (unpaired) electrons. The first-order valence-corrected chi connectivity index (χ1v) is 5.17. The third-order valence-electron chi connectivity index (χ3n) is 1.58. The van der Waals surface area contributed by atoms with Gasteiger partial charge in [-0.25, -0.2) is 9.78 Å². The highest BCUT2D eigenvalue weighted by molar-refractivity contribution is 9.09. The van der Waals surface area contributed by atoms with E-state index in [4.69, 9.17) is 0 Å². The summed E-state index contributed by atoms with van der Waals surface area (Å²) in [5, 5.41) is 0.781. The van der Waals surface area contributed by atoms with Crippen LogP contribution in [0.4, 0.5) is 0 Å². The molecule has 1 rings (SSSR count). The van der Waals surface area contributed by atoms with Crippen LogP contribution in [0.25, 0.3) is 6.08 Å². The molecule has 74 valence electrons. The second kappa shape index (κ2) is 5.54. The lowest BCUT2D eigenvalue weighted by Crippen LogP contribution is -2.03. The van der Waals surface area contributed by atoms with Gasteiger partial charge in [-0.3, -0.25) is 0 Å². The van der Waals surface area contributed by atoms with E-state index in [1.54, 1.807) is 12.3 Å². The highest BCUT2D eigenvalue weighted by Crippen LogP contribution is 2.05. The molecule has 0 atom stereocenters. The molecular weight excluding hydrogens is 246 g/mol. The van der Waals surface area contributed by atoms with Gasteiger partial charge in [-0.15, -0.1) is 0 Å². The fourth-order valence-corrected chi connectivity index (χ4v) is 1.13. The van der Waals surface area contributed by atoms with Gasteiger partial charge in [-0.1, -0.05) is 28.1 Å². The van der Waals surface area contributed by atoms with E-state index in [1.807, 2.05) is 18.2 Å². The van der Waals surface area contributed by atoms with Crippen LogP contribution >= 0.6 is 15.9 Å². The summed E-state index contributed by atoms with van der Waals surface area (Å²) >= 11 is 3.27. The number of pyridine rings is 1. The van der Waals surface area contributed by atoms with Gasteiger partial charge in [0.15, 0.2) is 0 Å². The Hall–Kier alpha value is -1.16. The Morgan fingerprint density at radius 3 is 3.14 bits per heavy atom. The van der Waals surface area contributed by atoms with E-state index in [9.17, 15) is 4.79 Å². The zero-order valence-electron chi connectivity index (χ0n) is 7.74. The lowest BCUT2D eigenvalue weighted by molar-refractivity contribution is 0.0594. The number of nitrogens with zero attached hydrogens (tertiary/aromatic N) is 1. The Morgan fingerprint density at radius 2 is 2.50 bits per heavy atom. The first-order chi connectivity index (χ1) is 6.77. The molecule has 4 heteroatoms. The van der Waals surface area contributed by atoms with Crippen LogP contribution in [0.5, 0.6) is 0 Å². The van der Waals surface area contributed by atoms with Gasteiger partial charge in [0.25, 0.3) is 0 Å². The van der Waals surface area contributed by atoms with Crippen molar-refractivity contribution in [2.45, 2.75) is 0 Å². The average Bonchev–Trinajstić information content (AvgIpc) is 2.25. The molecule has 3 nitrogen and oxygen atoms in total. The molecule has 1 aromatic heterocycles. The number of carbonyl (C=O) groups is 1. The van der Waals surface area contributed by atoms with Crippen molar-refractivity contribution in [1.29, 1.82) is 0 Å². The van der Waals surface area contributed by atoms with E-state index in [1.165, 1.54) is 7.11 Å². The summed E-state index contributed by atoms with van der Waals surface area (Å²) in [6.07, 6.45) is 5.43. The average molecular weight is 256 g/mol. The third kappa shape index (κ3) is 2.96. The highest BCUT2D eigenvalue weighted by Gasteiger charge is 2.05. The van der Waals surface area contributed by atoms with Crippen molar-refractivity contribution >= 4 is 28.0 Å². The van der Waals surface area contributed by atoms with Crippen LogP contribution in [0.15, 0.2) is 24.4 Å². The van der Waals surface area contributed by atoms with Crippen molar-refractivity contribution in [2.75, 3.05) is 12.4 Å². The number of aromatic nitrogens is 1. The van der Waals surface area contributed by atoms with Gasteiger partial charge >= 0.3 is 5.97 Å². The Bertz CT molecular complexity index is 350. The van der Waals surface area contributed by atoms with Crippen molar-refractivity contribution in [1.82, 2.24) is 4.98 Å². The van der Waals surface area contributed by atoms with Gasteiger partial charge in [0, 0.05) is 11.5 Å². The van der Waals surface area contributed by atoms with Gasteiger partial charge in [0.05, 0.1) is 7.11 Å². The summed E-state index contributed by atoms with van der Waals surface area (Å²) in [7, 11) is 1.34. The highest BCUT2D eigenvalue weighted by atomic mass is 79.9. The van der Waals surface area contributed by atoms with Gasteiger partial charge in [-0.05, 0) is 17.7 Å². The van der Waals surface area contributed by atoms with E-state index in [0.717, 1.165) is 10.9 Å². The molecule has 0 aliphatic carbocycles. The Labute approximate surface area is 90.9 Å². The molecule has 0 amide bonds. The lowest BCUT2D eigenvalue weighted by Gasteiger charge is -1.98. The molecule has 0 aliphatic rings. The number of rotatable bonds is 3. The van der Waals surface area contributed by atoms with Crippen LogP contribution < -0.4 is 0 Å². The maximum Gasteiger partial charge on any atom is 0.356 e. The van der Waals surface area contributed by atoms with Gasteiger partial charge in [0.1, 0.15) is 5.69 Å². The second-order valence-electron chi connectivity index (χ2n) is 2.52. The van der Waals surface area contributed by atoms with E-state index < -0.39 is 5.97 Å².